The number of nitrogens with one attached hydrogen (secondary N) is 1. The molecule has 19 heavy (non-hydrogen) atoms. The van der Waals surface area contributed by atoms with Crippen molar-refractivity contribution in [3.63, 3.8) is 0 Å². The van der Waals surface area contributed by atoms with Crippen LogP contribution in [-0.4, -0.2) is 30.7 Å². The summed E-state index contributed by atoms with van der Waals surface area (Å²) >= 11 is 0. The van der Waals surface area contributed by atoms with Crippen LogP contribution in [0.2, 0.25) is 0 Å². The summed E-state index contributed by atoms with van der Waals surface area (Å²) < 4.78 is 5.61. The van der Waals surface area contributed by atoms with Crippen LogP contribution in [0.15, 0.2) is 24.3 Å². The number of nitro groups is 1. The molecule has 1 heterocycles. The Morgan fingerprint density at radius 2 is 2.16 bits per heavy atom. The summed E-state index contributed by atoms with van der Waals surface area (Å²) in [6, 6.07) is 7.15. The van der Waals surface area contributed by atoms with Crippen LogP contribution in [-0.2, 0) is 11.2 Å². The Morgan fingerprint density at radius 1 is 1.47 bits per heavy atom. The lowest BCUT2D eigenvalue weighted by Gasteiger charge is -2.22. The molecule has 1 aromatic carbocycles. The number of hydrogen-bond donors (Lipinski definition) is 1. The second kappa shape index (κ2) is 6.12. The van der Waals surface area contributed by atoms with E-state index in [1.165, 1.54) is 0 Å². The highest BCUT2D eigenvalue weighted by Gasteiger charge is 2.28. The number of hydrogen-bond acceptors (Lipinski definition) is 4. The molecule has 1 aliphatic heterocycles. The van der Waals surface area contributed by atoms with Gasteiger partial charge in [0.05, 0.1) is 17.6 Å². The Hall–Kier alpha value is -1.46. The van der Waals surface area contributed by atoms with E-state index in [2.05, 4.69) is 12.2 Å². The van der Waals surface area contributed by atoms with Gasteiger partial charge in [0.25, 0.3) is 5.69 Å². The normalized spacial score (nSPS) is 24.3. The molecule has 5 heteroatoms. The lowest BCUT2D eigenvalue weighted by molar-refractivity contribution is -0.384. The zero-order valence-corrected chi connectivity index (χ0v) is 11.3. The molecule has 1 aromatic rings. The zero-order valence-electron chi connectivity index (χ0n) is 11.3. The number of benzene rings is 1. The molecule has 3 unspecified atom stereocenters. The number of nitrogens with zero attached hydrogens (tertiary/aromatic N) is 1. The van der Waals surface area contributed by atoms with Gasteiger partial charge in [-0.15, -0.1) is 0 Å². The smallest absolute Gasteiger partial charge is 0.269 e. The van der Waals surface area contributed by atoms with Crippen LogP contribution in [0.3, 0.4) is 0 Å². The molecular formula is C14H20N2O3. The van der Waals surface area contributed by atoms with Crippen molar-refractivity contribution in [2.45, 2.75) is 31.9 Å². The van der Waals surface area contributed by atoms with E-state index in [9.17, 15) is 10.1 Å². The highest BCUT2D eigenvalue weighted by molar-refractivity contribution is 5.33. The fraction of sp³-hybridized carbons (Fsp3) is 0.571. The van der Waals surface area contributed by atoms with E-state index >= 15 is 0 Å². The highest BCUT2D eigenvalue weighted by Crippen LogP contribution is 2.24. The summed E-state index contributed by atoms with van der Waals surface area (Å²) in [5.74, 6) is 0.509. The first kappa shape index (κ1) is 14.0. The van der Waals surface area contributed by atoms with Gasteiger partial charge >= 0.3 is 0 Å². The van der Waals surface area contributed by atoms with E-state index in [1.807, 2.05) is 19.2 Å². The molecule has 1 fully saturated rings. The van der Waals surface area contributed by atoms with Gasteiger partial charge in [0, 0.05) is 24.1 Å². The van der Waals surface area contributed by atoms with Gasteiger partial charge in [0.2, 0.25) is 0 Å². The lowest BCUT2D eigenvalue weighted by atomic mass is 9.91. The molecule has 104 valence electrons. The predicted octanol–water partition coefficient (Wildman–Crippen LogP) is 2.15. The molecule has 0 saturated carbocycles. The second-order valence-electron chi connectivity index (χ2n) is 5.16. The van der Waals surface area contributed by atoms with Gasteiger partial charge in [-0.05, 0) is 32.4 Å². The molecule has 0 radical (unpaired) electrons. The van der Waals surface area contributed by atoms with Crippen LogP contribution < -0.4 is 5.32 Å². The van der Waals surface area contributed by atoms with Gasteiger partial charge in [-0.25, -0.2) is 0 Å². The first-order valence-corrected chi connectivity index (χ1v) is 6.62. The van der Waals surface area contributed by atoms with E-state index in [1.54, 1.807) is 12.1 Å². The third-order valence-corrected chi connectivity index (χ3v) is 3.77. The molecule has 0 spiro atoms. The average Bonchev–Trinajstić information content (AvgIpc) is 2.83. The monoisotopic (exact) mass is 264 g/mol. The molecular weight excluding hydrogens is 244 g/mol. The van der Waals surface area contributed by atoms with Crippen LogP contribution in [0.4, 0.5) is 5.69 Å². The van der Waals surface area contributed by atoms with Crippen molar-refractivity contribution >= 4 is 5.69 Å². The maximum absolute atomic E-state index is 10.6. The van der Waals surface area contributed by atoms with Gasteiger partial charge in [0.1, 0.15) is 0 Å². The molecule has 0 amide bonds. The molecule has 1 N–H and O–H groups in total. The summed E-state index contributed by atoms with van der Waals surface area (Å²) in [6.45, 7) is 2.89. The fourth-order valence-electron chi connectivity index (χ4n) is 2.64. The Morgan fingerprint density at radius 3 is 2.63 bits per heavy atom. The van der Waals surface area contributed by atoms with E-state index in [0.29, 0.717) is 18.1 Å². The molecule has 1 saturated heterocycles. The van der Waals surface area contributed by atoms with Crippen LogP contribution >= 0.6 is 0 Å². The van der Waals surface area contributed by atoms with Gasteiger partial charge in [-0.3, -0.25) is 10.1 Å². The van der Waals surface area contributed by atoms with Crippen molar-refractivity contribution in [1.29, 1.82) is 0 Å². The molecule has 3 atom stereocenters. The SMILES string of the molecule is CNC(Cc1ccc([N+](=O)[O-])cc1)C1COC(C)C1. The van der Waals surface area contributed by atoms with Gasteiger partial charge < -0.3 is 10.1 Å². The standard InChI is InChI=1S/C14H20N2O3/c1-10-7-12(9-19-10)14(15-2)8-11-3-5-13(6-4-11)16(17)18/h3-6,10,12,14-15H,7-9H2,1-2H3. The Balaban J connectivity index is 2.00. The van der Waals surface area contributed by atoms with Crippen molar-refractivity contribution in [2.24, 2.45) is 5.92 Å². The number of nitro benzene ring substituents is 1. The fourth-order valence-corrected chi connectivity index (χ4v) is 2.64. The van der Waals surface area contributed by atoms with E-state index in [4.69, 9.17) is 4.74 Å². The third-order valence-electron chi connectivity index (χ3n) is 3.77. The highest BCUT2D eigenvalue weighted by atomic mass is 16.6. The maximum Gasteiger partial charge on any atom is 0.269 e. The first-order chi connectivity index (χ1) is 9.10. The Labute approximate surface area is 113 Å². The van der Waals surface area contributed by atoms with Crippen LogP contribution in [0.5, 0.6) is 0 Å². The number of ether oxygens (including phenoxy) is 1. The summed E-state index contributed by atoms with van der Waals surface area (Å²) in [5, 5.41) is 13.9. The van der Waals surface area contributed by atoms with Gasteiger partial charge in [-0.2, -0.15) is 0 Å². The Kier molecular flexibility index (Phi) is 4.50. The van der Waals surface area contributed by atoms with Crippen molar-refractivity contribution < 1.29 is 9.66 Å². The van der Waals surface area contributed by atoms with Gasteiger partial charge in [0.15, 0.2) is 0 Å². The summed E-state index contributed by atoms with van der Waals surface area (Å²) in [4.78, 5) is 10.2. The topological polar surface area (TPSA) is 64.4 Å². The summed E-state index contributed by atoms with van der Waals surface area (Å²) in [5.41, 5.74) is 1.26. The average molecular weight is 264 g/mol. The van der Waals surface area contributed by atoms with Crippen LogP contribution in [0.25, 0.3) is 0 Å². The molecule has 2 rings (SSSR count). The third kappa shape index (κ3) is 3.52. The van der Waals surface area contributed by atoms with E-state index in [0.717, 1.165) is 25.0 Å². The first-order valence-electron chi connectivity index (χ1n) is 6.62. The molecule has 0 aliphatic carbocycles. The quantitative estimate of drug-likeness (QED) is 0.653. The minimum atomic E-state index is -0.369. The van der Waals surface area contributed by atoms with E-state index < -0.39 is 0 Å². The van der Waals surface area contributed by atoms with Gasteiger partial charge in [-0.1, -0.05) is 12.1 Å². The summed E-state index contributed by atoms with van der Waals surface area (Å²) in [7, 11) is 1.96. The molecule has 5 nitrogen and oxygen atoms in total. The minimum absolute atomic E-state index is 0.141. The van der Waals surface area contributed by atoms with Crippen molar-refractivity contribution in [1.82, 2.24) is 5.32 Å². The Bertz CT molecular complexity index is 433. The largest absolute Gasteiger partial charge is 0.378 e. The number of rotatable bonds is 5. The molecule has 1 aliphatic rings. The molecule has 0 bridgehead atoms. The van der Waals surface area contributed by atoms with E-state index in [-0.39, 0.29) is 10.6 Å². The number of non-ortho nitro benzene ring substituents is 1. The van der Waals surface area contributed by atoms with Crippen LogP contribution in [0, 0.1) is 16.0 Å². The van der Waals surface area contributed by atoms with Crippen molar-refractivity contribution in [3.8, 4) is 0 Å². The second-order valence-corrected chi connectivity index (χ2v) is 5.16. The van der Waals surface area contributed by atoms with Crippen molar-refractivity contribution in [2.75, 3.05) is 13.7 Å². The maximum atomic E-state index is 10.6. The predicted molar refractivity (Wildman–Crippen MR) is 73.2 cm³/mol. The van der Waals surface area contributed by atoms with Crippen molar-refractivity contribution in [3.05, 3.63) is 39.9 Å². The lowest BCUT2D eigenvalue weighted by Crippen LogP contribution is -2.36. The summed E-state index contributed by atoms with van der Waals surface area (Å²) in [6.07, 6.45) is 2.27. The molecule has 0 aromatic heterocycles. The minimum Gasteiger partial charge on any atom is -0.378 e. The van der Waals surface area contributed by atoms with Crippen LogP contribution in [0.1, 0.15) is 18.9 Å². The number of likely N-dealkylation sites (N-methyl/N-ethyl adjacent to an activating group) is 1. The zero-order chi connectivity index (χ0) is 13.8.